The number of hydrogen-bond acceptors (Lipinski definition) is 7. The van der Waals surface area contributed by atoms with E-state index in [0.717, 1.165) is 5.56 Å². The minimum Gasteiger partial charge on any atom is -0.486 e. The normalized spacial score (nSPS) is 19.9. The molecule has 164 valence electrons. The molecule has 0 bridgehead atoms. The van der Waals surface area contributed by atoms with E-state index in [1.54, 1.807) is 18.2 Å². The Balaban J connectivity index is 1.30. The van der Waals surface area contributed by atoms with Gasteiger partial charge in [-0.15, -0.1) is 0 Å². The quantitative estimate of drug-likeness (QED) is 0.745. The summed E-state index contributed by atoms with van der Waals surface area (Å²) >= 11 is 0. The molecule has 2 aromatic rings. The molecule has 1 saturated heterocycles. The van der Waals surface area contributed by atoms with E-state index in [9.17, 15) is 13.2 Å². The molecule has 2 aromatic carbocycles. The van der Waals surface area contributed by atoms with Crippen molar-refractivity contribution in [1.29, 1.82) is 0 Å². The Hall–Kier alpha value is -2.98. The lowest BCUT2D eigenvalue weighted by Crippen LogP contribution is -2.45. The minimum atomic E-state index is -3.86. The highest BCUT2D eigenvalue weighted by Gasteiger charge is 2.39. The summed E-state index contributed by atoms with van der Waals surface area (Å²) in [6, 6.07) is 9.22. The molecule has 0 aliphatic carbocycles. The number of nitrogens with zero attached hydrogens (tertiary/aromatic N) is 1. The molecule has 5 rings (SSSR count). The van der Waals surface area contributed by atoms with E-state index in [2.05, 4.69) is 5.32 Å². The predicted octanol–water partition coefficient (Wildman–Crippen LogP) is 1.66. The summed E-state index contributed by atoms with van der Waals surface area (Å²) in [5.74, 6) is 1.90. The largest absolute Gasteiger partial charge is 0.486 e. The first-order valence-corrected chi connectivity index (χ1v) is 11.5. The molecule has 0 spiro atoms. The van der Waals surface area contributed by atoms with Gasteiger partial charge in [-0.25, -0.2) is 8.42 Å². The van der Waals surface area contributed by atoms with Crippen molar-refractivity contribution in [3.05, 3.63) is 42.0 Å². The number of sulfonamides is 1. The van der Waals surface area contributed by atoms with E-state index < -0.39 is 16.1 Å². The van der Waals surface area contributed by atoms with Crippen LogP contribution in [0.4, 0.5) is 0 Å². The predicted molar refractivity (Wildman–Crippen MR) is 109 cm³/mol. The van der Waals surface area contributed by atoms with Crippen LogP contribution in [0.5, 0.6) is 23.0 Å². The summed E-state index contributed by atoms with van der Waals surface area (Å²) in [4.78, 5) is 12.9. The fourth-order valence-electron chi connectivity index (χ4n) is 3.97. The molecule has 1 N–H and O–H groups in total. The molecule has 1 amide bonds. The van der Waals surface area contributed by atoms with Gasteiger partial charge in [0.05, 0.1) is 4.90 Å². The van der Waals surface area contributed by atoms with Gasteiger partial charge in [-0.2, -0.15) is 4.31 Å². The monoisotopic (exact) mass is 446 g/mol. The van der Waals surface area contributed by atoms with E-state index in [1.807, 2.05) is 6.07 Å². The first-order valence-electron chi connectivity index (χ1n) is 10.1. The maximum Gasteiger partial charge on any atom is 0.243 e. The fraction of sp³-hybridized carbons (Fsp3) is 0.381. The lowest BCUT2D eigenvalue weighted by Gasteiger charge is -2.24. The second kappa shape index (κ2) is 7.93. The van der Waals surface area contributed by atoms with Gasteiger partial charge in [0.25, 0.3) is 0 Å². The summed E-state index contributed by atoms with van der Waals surface area (Å²) in [6.07, 6.45) is 1.09. The first kappa shape index (κ1) is 20.0. The zero-order valence-electron chi connectivity index (χ0n) is 16.7. The van der Waals surface area contributed by atoms with Gasteiger partial charge < -0.3 is 24.3 Å². The third-order valence-corrected chi connectivity index (χ3v) is 7.43. The van der Waals surface area contributed by atoms with Crippen LogP contribution in [0.2, 0.25) is 0 Å². The number of hydrogen-bond donors (Lipinski definition) is 1. The highest BCUT2D eigenvalue weighted by atomic mass is 32.2. The lowest BCUT2D eigenvalue weighted by molar-refractivity contribution is -0.124. The van der Waals surface area contributed by atoms with Crippen molar-refractivity contribution in [2.24, 2.45) is 0 Å². The van der Waals surface area contributed by atoms with Gasteiger partial charge in [0.15, 0.2) is 23.0 Å². The number of carbonyl (C=O) groups is 1. The van der Waals surface area contributed by atoms with E-state index >= 15 is 0 Å². The molecule has 0 unspecified atom stereocenters. The van der Waals surface area contributed by atoms with Crippen LogP contribution in [0.15, 0.2) is 41.3 Å². The van der Waals surface area contributed by atoms with Gasteiger partial charge in [-0.1, -0.05) is 6.07 Å². The topological polar surface area (TPSA) is 103 Å². The van der Waals surface area contributed by atoms with Crippen LogP contribution >= 0.6 is 0 Å². The Kier molecular flexibility index (Phi) is 5.11. The van der Waals surface area contributed by atoms with Crippen molar-refractivity contribution in [1.82, 2.24) is 9.62 Å². The molecular formula is C21H22N2O7S. The maximum atomic E-state index is 13.3. The second-order valence-electron chi connectivity index (χ2n) is 7.48. The average molecular weight is 446 g/mol. The third-order valence-electron chi connectivity index (χ3n) is 5.53. The fourth-order valence-corrected chi connectivity index (χ4v) is 5.64. The van der Waals surface area contributed by atoms with Crippen LogP contribution in [0.1, 0.15) is 18.4 Å². The Morgan fingerprint density at radius 1 is 0.968 bits per heavy atom. The summed E-state index contributed by atoms with van der Waals surface area (Å²) in [7, 11) is -3.86. The molecular weight excluding hydrogens is 424 g/mol. The van der Waals surface area contributed by atoms with Gasteiger partial charge in [-0.05, 0) is 42.7 Å². The van der Waals surface area contributed by atoms with Crippen molar-refractivity contribution in [3.8, 4) is 23.0 Å². The van der Waals surface area contributed by atoms with Gasteiger partial charge in [-0.3, -0.25) is 4.79 Å². The number of rotatable bonds is 5. The summed E-state index contributed by atoms with van der Waals surface area (Å²) in [6.45, 7) is 1.53. The molecule has 3 aliphatic heterocycles. The molecule has 1 atom stereocenters. The summed E-state index contributed by atoms with van der Waals surface area (Å²) in [5.41, 5.74) is 0.844. The van der Waals surface area contributed by atoms with Crippen LogP contribution in [-0.2, 0) is 21.4 Å². The van der Waals surface area contributed by atoms with Crippen molar-refractivity contribution >= 4 is 15.9 Å². The van der Waals surface area contributed by atoms with Gasteiger partial charge >= 0.3 is 0 Å². The zero-order chi connectivity index (χ0) is 21.4. The van der Waals surface area contributed by atoms with Gasteiger partial charge in [0.1, 0.15) is 19.3 Å². The average Bonchev–Trinajstić information content (AvgIpc) is 3.46. The number of carbonyl (C=O) groups excluding carboxylic acids is 1. The van der Waals surface area contributed by atoms with Crippen LogP contribution in [0.3, 0.4) is 0 Å². The maximum absolute atomic E-state index is 13.3. The van der Waals surface area contributed by atoms with Gasteiger partial charge in [0.2, 0.25) is 22.7 Å². The van der Waals surface area contributed by atoms with Crippen molar-refractivity contribution in [3.63, 3.8) is 0 Å². The van der Waals surface area contributed by atoms with Crippen molar-refractivity contribution in [2.45, 2.75) is 30.3 Å². The Labute approximate surface area is 179 Å². The van der Waals surface area contributed by atoms with E-state index in [-0.39, 0.29) is 24.1 Å². The molecule has 0 radical (unpaired) electrons. The molecule has 0 aromatic heterocycles. The van der Waals surface area contributed by atoms with Crippen molar-refractivity contribution < 1.29 is 32.2 Å². The van der Waals surface area contributed by atoms with Crippen LogP contribution < -0.4 is 24.3 Å². The van der Waals surface area contributed by atoms with E-state index in [0.29, 0.717) is 55.6 Å². The first-order chi connectivity index (χ1) is 15.0. The molecule has 3 aliphatic rings. The van der Waals surface area contributed by atoms with Crippen LogP contribution in [0.25, 0.3) is 0 Å². The summed E-state index contributed by atoms with van der Waals surface area (Å²) in [5, 5.41) is 2.85. The molecule has 10 heteroatoms. The minimum absolute atomic E-state index is 0.0900. The number of nitrogens with one attached hydrogen (secondary N) is 1. The second-order valence-corrected chi connectivity index (χ2v) is 9.38. The smallest absolute Gasteiger partial charge is 0.243 e. The van der Waals surface area contributed by atoms with E-state index in [4.69, 9.17) is 18.9 Å². The standard InChI is InChI=1S/C21H22N2O7S/c24-21(22-12-14-3-5-18-19(10-14)30-13-29-18)16-2-1-7-23(16)31(25,26)15-4-6-17-20(11-15)28-9-8-27-17/h3-6,10-11,16H,1-2,7-9,12-13H2,(H,22,24)/t16-/m0/s1. The number of amides is 1. The Bertz CT molecular complexity index is 1120. The third kappa shape index (κ3) is 3.77. The van der Waals surface area contributed by atoms with E-state index in [1.165, 1.54) is 16.4 Å². The Morgan fingerprint density at radius 3 is 2.55 bits per heavy atom. The molecule has 9 nitrogen and oxygen atoms in total. The Morgan fingerprint density at radius 2 is 1.68 bits per heavy atom. The van der Waals surface area contributed by atoms with Gasteiger partial charge in [0, 0.05) is 19.2 Å². The highest BCUT2D eigenvalue weighted by molar-refractivity contribution is 7.89. The number of ether oxygens (including phenoxy) is 4. The molecule has 31 heavy (non-hydrogen) atoms. The summed E-state index contributed by atoms with van der Waals surface area (Å²) < 4.78 is 49.4. The number of benzene rings is 2. The SMILES string of the molecule is O=C(NCc1ccc2c(c1)OCO2)[C@@H]1CCCN1S(=O)(=O)c1ccc2c(c1)OCCO2. The highest BCUT2D eigenvalue weighted by Crippen LogP contribution is 2.35. The molecule has 3 heterocycles. The van der Waals surface area contributed by atoms with Crippen molar-refractivity contribution in [2.75, 3.05) is 26.6 Å². The molecule has 0 saturated carbocycles. The van der Waals surface area contributed by atoms with Crippen LogP contribution in [-0.4, -0.2) is 51.2 Å². The lowest BCUT2D eigenvalue weighted by atomic mass is 10.2. The number of fused-ring (bicyclic) bond motifs is 2. The van der Waals surface area contributed by atoms with Crippen LogP contribution in [0, 0.1) is 0 Å². The zero-order valence-corrected chi connectivity index (χ0v) is 17.5. The molecule has 1 fully saturated rings.